The van der Waals surface area contributed by atoms with Gasteiger partial charge < -0.3 is 9.47 Å². The second kappa shape index (κ2) is 9.82. The number of para-hydroxylation sites is 4. The summed E-state index contributed by atoms with van der Waals surface area (Å²) in [6.07, 6.45) is 2.11. The Morgan fingerprint density at radius 3 is 2.19 bits per heavy atom. The number of rotatable bonds is 3. The molecule has 0 unspecified atom stereocenters. The van der Waals surface area contributed by atoms with Crippen molar-refractivity contribution in [2.24, 2.45) is 7.05 Å². The van der Waals surface area contributed by atoms with Gasteiger partial charge in [0, 0.05) is 56.7 Å². The lowest BCUT2D eigenvalue weighted by atomic mass is 9.33. The molecule has 0 saturated carbocycles. The number of pyridine rings is 1. The van der Waals surface area contributed by atoms with Gasteiger partial charge in [0.05, 0.1) is 5.52 Å². The first-order valence-electron chi connectivity index (χ1n) is 16.4. The van der Waals surface area contributed by atoms with Gasteiger partial charge in [-0.25, -0.2) is 4.57 Å². The lowest BCUT2D eigenvalue weighted by molar-refractivity contribution is -0.660. The van der Waals surface area contributed by atoms with Crippen LogP contribution >= 0.6 is 0 Å². The van der Waals surface area contributed by atoms with E-state index in [1.165, 1.54) is 88.9 Å². The van der Waals surface area contributed by atoms with E-state index in [4.69, 9.17) is 0 Å². The number of hydrogen-bond acceptors (Lipinski definition) is 1. The zero-order chi connectivity index (χ0) is 31.2. The Bertz CT molecular complexity index is 2560. The van der Waals surface area contributed by atoms with Crippen molar-refractivity contribution in [2.45, 2.75) is 6.92 Å². The minimum absolute atomic E-state index is 0.132. The van der Waals surface area contributed by atoms with Gasteiger partial charge in [-0.2, -0.15) is 0 Å². The third-order valence-electron chi connectivity index (χ3n) is 10.3. The first-order valence-corrected chi connectivity index (χ1v) is 16.4. The summed E-state index contributed by atoms with van der Waals surface area (Å²) in [5, 5.41) is 2.61. The molecule has 2 aromatic heterocycles. The topological polar surface area (TPSA) is 12.1 Å². The fourth-order valence-electron chi connectivity index (χ4n) is 8.32. The highest BCUT2D eigenvalue weighted by atomic mass is 15.2. The van der Waals surface area contributed by atoms with Crippen LogP contribution in [-0.2, 0) is 7.05 Å². The normalized spacial score (nSPS) is 12.8. The summed E-state index contributed by atoms with van der Waals surface area (Å²) in [6.45, 7) is 2.36. The van der Waals surface area contributed by atoms with Gasteiger partial charge in [-0.1, -0.05) is 84.9 Å². The minimum Gasteiger partial charge on any atom is -0.311 e. The molecule has 0 radical (unpaired) electrons. The van der Waals surface area contributed by atoms with Crippen LogP contribution in [-0.4, -0.2) is 11.3 Å². The second-order valence-corrected chi connectivity index (χ2v) is 12.9. The fourth-order valence-corrected chi connectivity index (χ4v) is 8.32. The van der Waals surface area contributed by atoms with Crippen molar-refractivity contribution in [1.29, 1.82) is 0 Å². The molecule has 10 rings (SSSR count). The molecule has 6 aromatic carbocycles. The van der Waals surface area contributed by atoms with Crippen LogP contribution < -0.4 is 25.9 Å². The highest BCUT2D eigenvalue weighted by molar-refractivity contribution is 7.00. The minimum atomic E-state index is 0.132. The molecular formula is C43H31BN3+. The van der Waals surface area contributed by atoms with E-state index in [0.717, 1.165) is 0 Å². The highest BCUT2D eigenvalue weighted by Crippen LogP contribution is 2.43. The predicted octanol–water partition coefficient (Wildman–Crippen LogP) is 7.86. The lowest BCUT2D eigenvalue weighted by Crippen LogP contribution is -2.60. The standard InChI is InChI=1S/C43H31BN3/c1-28-25-29(22-23-32(28)37-19-10-11-24-45(37)2)30-26-40-42-41(27-30)47-38-20-8-6-15-33(38)34-16-12-18-36(43(34)47)44(42)35-17-7-9-21-39(35)46(40)31-13-4-3-5-14-31/h3-27H,1-2H3/q+1. The van der Waals surface area contributed by atoms with Crippen LogP contribution in [0.25, 0.3) is 49.9 Å². The van der Waals surface area contributed by atoms with Crippen LogP contribution in [0, 0.1) is 6.92 Å². The molecule has 0 saturated heterocycles. The maximum absolute atomic E-state index is 2.54. The Hall–Kier alpha value is -5.87. The van der Waals surface area contributed by atoms with Crippen LogP contribution in [0.15, 0.2) is 152 Å². The summed E-state index contributed by atoms with van der Waals surface area (Å²) < 4.78 is 4.74. The molecule has 47 heavy (non-hydrogen) atoms. The van der Waals surface area contributed by atoms with Crippen molar-refractivity contribution < 1.29 is 4.57 Å². The molecule has 0 spiro atoms. The molecule has 2 aliphatic rings. The van der Waals surface area contributed by atoms with Crippen LogP contribution in [0.2, 0.25) is 0 Å². The van der Waals surface area contributed by atoms with Gasteiger partial charge in [-0.05, 0) is 88.5 Å². The number of benzene rings is 6. The Morgan fingerprint density at radius 1 is 0.574 bits per heavy atom. The number of fused-ring (bicyclic) bond motifs is 7. The van der Waals surface area contributed by atoms with Crippen molar-refractivity contribution in [3.63, 3.8) is 0 Å². The zero-order valence-corrected chi connectivity index (χ0v) is 26.4. The fraction of sp³-hybridized carbons (Fsp3) is 0.0465. The van der Waals surface area contributed by atoms with Crippen LogP contribution in [0.1, 0.15) is 5.56 Å². The van der Waals surface area contributed by atoms with E-state index < -0.39 is 0 Å². The van der Waals surface area contributed by atoms with Gasteiger partial charge in [-0.15, -0.1) is 0 Å². The Balaban J connectivity index is 1.31. The van der Waals surface area contributed by atoms with E-state index in [2.05, 4.69) is 180 Å². The molecule has 4 heteroatoms. The van der Waals surface area contributed by atoms with Gasteiger partial charge in [0.25, 0.3) is 6.71 Å². The van der Waals surface area contributed by atoms with Crippen molar-refractivity contribution in [3.8, 4) is 28.1 Å². The summed E-state index contributed by atoms with van der Waals surface area (Å²) in [7, 11) is 2.11. The van der Waals surface area contributed by atoms with Gasteiger partial charge in [-0.3, -0.25) is 0 Å². The highest BCUT2D eigenvalue weighted by Gasteiger charge is 2.42. The molecule has 0 aliphatic carbocycles. The number of aromatic nitrogens is 2. The molecule has 3 nitrogen and oxygen atoms in total. The second-order valence-electron chi connectivity index (χ2n) is 12.9. The number of aryl methyl sites for hydroxylation is 2. The Labute approximate surface area is 274 Å². The number of nitrogens with zero attached hydrogens (tertiary/aromatic N) is 3. The van der Waals surface area contributed by atoms with Crippen molar-refractivity contribution in [2.75, 3.05) is 4.90 Å². The van der Waals surface area contributed by atoms with E-state index in [-0.39, 0.29) is 6.71 Å². The first kappa shape index (κ1) is 26.4. The van der Waals surface area contributed by atoms with Gasteiger partial charge in [0.2, 0.25) is 5.69 Å². The average molecular weight is 601 g/mol. The van der Waals surface area contributed by atoms with E-state index in [1.807, 2.05) is 0 Å². The predicted molar refractivity (Wildman–Crippen MR) is 197 cm³/mol. The zero-order valence-electron chi connectivity index (χ0n) is 26.4. The molecule has 2 aliphatic heterocycles. The molecule has 0 fully saturated rings. The quantitative estimate of drug-likeness (QED) is 0.149. The van der Waals surface area contributed by atoms with Crippen molar-refractivity contribution in [1.82, 2.24) is 4.57 Å². The average Bonchev–Trinajstić information content (AvgIpc) is 3.46. The summed E-state index contributed by atoms with van der Waals surface area (Å²) in [4.78, 5) is 2.48. The van der Waals surface area contributed by atoms with Crippen LogP contribution in [0.3, 0.4) is 0 Å². The van der Waals surface area contributed by atoms with Gasteiger partial charge >= 0.3 is 0 Å². The molecule has 220 valence electrons. The Morgan fingerprint density at radius 2 is 1.32 bits per heavy atom. The van der Waals surface area contributed by atoms with Crippen LogP contribution in [0.5, 0.6) is 0 Å². The molecule has 4 heterocycles. The van der Waals surface area contributed by atoms with Crippen molar-refractivity contribution >= 4 is 62.0 Å². The summed E-state index contributed by atoms with van der Waals surface area (Å²) in [5.41, 5.74) is 17.7. The van der Waals surface area contributed by atoms with Gasteiger partial charge in [0.15, 0.2) is 6.20 Å². The third kappa shape index (κ3) is 3.67. The Kier molecular flexibility index (Phi) is 5.51. The lowest BCUT2D eigenvalue weighted by Gasteiger charge is -2.40. The molecular weight excluding hydrogens is 569 g/mol. The molecule has 0 atom stereocenters. The summed E-state index contributed by atoms with van der Waals surface area (Å²) >= 11 is 0. The van der Waals surface area contributed by atoms with E-state index in [9.17, 15) is 0 Å². The monoisotopic (exact) mass is 600 g/mol. The van der Waals surface area contributed by atoms with E-state index in [0.29, 0.717) is 0 Å². The molecule has 0 N–H and O–H groups in total. The van der Waals surface area contributed by atoms with Crippen LogP contribution in [0.4, 0.5) is 17.1 Å². The third-order valence-corrected chi connectivity index (χ3v) is 10.3. The van der Waals surface area contributed by atoms with Gasteiger partial charge in [0.1, 0.15) is 7.05 Å². The number of hydrogen-bond donors (Lipinski definition) is 0. The first-order chi connectivity index (χ1) is 23.2. The van der Waals surface area contributed by atoms with E-state index in [1.54, 1.807) is 0 Å². The maximum atomic E-state index is 2.54. The smallest absolute Gasteiger partial charge is 0.252 e. The SMILES string of the molecule is Cc1cc(-c2cc3c4c(c2)-n2c5ccccc5c5cccc(c52)B4c2ccccc2N3c2ccccc2)ccc1-c1cccc[n+]1C. The summed E-state index contributed by atoms with van der Waals surface area (Å²) in [5.74, 6) is 0. The van der Waals surface area contributed by atoms with Crippen molar-refractivity contribution in [3.05, 3.63) is 157 Å². The number of anilines is 3. The summed E-state index contributed by atoms with van der Waals surface area (Å²) in [6, 6.07) is 53.8. The maximum Gasteiger partial charge on any atom is 0.252 e. The molecule has 0 bridgehead atoms. The molecule has 0 amide bonds. The molecule has 8 aromatic rings. The van der Waals surface area contributed by atoms with E-state index >= 15 is 0 Å². The largest absolute Gasteiger partial charge is 0.311 e.